The highest BCUT2D eigenvalue weighted by Gasteiger charge is 2.17. The summed E-state index contributed by atoms with van der Waals surface area (Å²) < 4.78 is 11.4. The van der Waals surface area contributed by atoms with Gasteiger partial charge in [0.15, 0.2) is 6.10 Å². The molecule has 0 aliphatic carbocycles. The fraction of sp³-hybridized carbons (Fsp3) is 0.350. The summed E-state index contributed by atoms with van der Waals surface area (Å²) in [4.78, 5) is 12.2. The normalized spacial score (nSPS) is 11.6. The number of carbonyl (C=O) groups is 1. The monoisotopic (exact) mass is 327 g/mol. The third-order valence-electron chi connectivity index (χ3n) is 3.72. The Bertz CT molecular complexity index is 652. The van der Waals surface area contributed by atoms with Crippen molar-refractivity contribution >= 4 is 5.91 Å². The highest BCUT2D eigenvalue weighted by atomic mass is 16.5. The maximum atomic E-state index is 12.2. The van der Waals surface area contributed by atoms with Crippen molar-refractivity contribution in [3.63, 3.8) is 0 Å². The van der Waals surface area contributed by atoms with Crippen LogP contribution in [0.5, 0.6) is 11.5 Å². The molecule has 24 heavy (non-hydrogen) atoms. The number of nitrogens with one attached hydrogen (secondary N) is 1. The molecule has 1 N–H and O–H groups in total. The first-order valence-corrected chi connectivity index (χ1v) is 8.29. The van der Waals surface area contributed by atoms with Crippen LogP contribution in [0.4, 0.5) is 0 Å². The minimum atomic E-state index is -0.494. The van der Waals surface area contributed by atoms with E-state index < -0.39 is 6.10 Å². The predicted molar refractivity (Wildman–Crippen MR) is 95.6 cm³/mol. The molecule has 0 fully saturated rings. The minimum absolute atomic E-state index is 0.119. The molecule has 1 atom stereocenters. The Hall–Kier alpha value is -2.49. The van der Waals surface area contributed by atoms with E-state index in [0.717, 1.165) is 16.9 Å². The first-order valence-electron chi connectivity index (χ1n) is 8.29. The maximum absolute atomic E-state index is 12.2. The SMILES string of the molecule is CC[C@@H](Oc1ccc(C)cc1)C(=O)NCCOc1ccccc1C. The van der Waals surface area contributed by atoms with E-state index in [0.29, 0.717) is 25.3 Å². The van der Waals surface area contributed by atoms with Crippen LogP contribution < -0.4 is 14.8 Å². The lowest BCUT2D eigenvalue weighted by atomic mass is 10.2. The second kappa shape index (κ2) is 8.96. The van der Waals surface area contributed by atoms with Gasteiger partial charge in [-0.15, -0.1) is 0 Å². The topological polar surface area (TPSA) is 47.6 Å². The standard InChI is InChI=1S/C20H25NO3/c1-4-18(24-17-11-9-15(2)10-12-17)20(22)21-13-14-23-19-8-6-5-7-16(19)3/h5-12,18H,4,13-14H2,1-3H3,(H,21,22)/t18-/m1/s1. The van der Waals surface area contributed by atoms with Crippen LogP contribution >= 0.6 is 0 Å². The lowest BCUT2D eigenvalue weighted by molar-refractivity contribution is -0.128. The summed E-state index contributed by atoms with van der Waals surface area (Å²) in [5.41, 5.74) is 2.24. The molecule has 0 saturated carbocycles. The van der Waals surface area contributed by atoms with Gasteiger partial charge in [-0.05, 0) is 44.0 Å². The van der Waals surface area contributed by atoms with Gasteiger partial charge in [-0.1, -0.05) is 42.8 Å². The van der Waals surface area contributed by atoms with Gasteiger partial charge in [0.25, 0.3) is 5.91 Å². The fourth-order valence-electron chi connectivity index (χ4n) is 2.27. The number of para-hydroxylation sites is 1. The molecule has 0 saturated heterocycles. The molecule has 0 bridgehead atoms. The zero-order chi connectivity index (χ0) is 17.4. The Morgan fingerprint density at radius 3 is 2.46 bits per heavy atom. The van der Waals surface area contributed by atoms with Crippen LogP contribution in [0.15, 0.2) is 48.5 Å². The summed E-state index contributed by atoms with van der Waals surface area (Å²) in [6.07, 6.45) is 0.115. The number of carbonyl (C=O) groups excluding carboxylic acids is 1. The van der Waals surface area contributed by atoms with Crippen molar-refractivity contribution in [1.82, 2.24) is 5.32 Å². The molecule has 0 spiro atoms. The smallest absolute Gasteiger partial charge is 0.261 e. The van der Waals surface area contributed by atoms with E-state index in [1.54, 1.807) is 0 Å². The van der Waals surface area contributed by atoms with Crippen molar-refractivity contribution < 1.29 is 14.3 Å². The van der Waals surface area contributed by atoms with Gasteiger partial charge in [0.05, 0.1) is 6.54 Å². The first kappa shape index (κ1) is 17.9. The summed E-state index contributed by atoms with van der Waals surface area (Å²) in [5.74, 6) is 1.43. The molecule has 0 radical (unpaired) electrons. The maximum Gasteiger partial charge on any atom is 0.261 e. The molecule has 0 aliphatic heterocycles. The van der Waals surface area contributed by atoms with E-state index >= 15 is 0 Å². The van der Waals surface area contributed by atoms with E-state index in [1.165, 1.54) is 0 Å². The number of hydrogen-bond donors (Lipinski definition) is 1. The van der Waals surface area contributed by atoms with Gasteiger partial charge in [-0.2, -0.15) is 0 Å². The summed E-state index contributed by atoms with van der Waals surface area (Å²) >= 11 is 0. The van der Waals surface area contributed by atoms with Crippen molar-refractivity contribution in [2.45, 2.75) is 33.3 Å². The van der Waals surface area contributed by atoms with Gasteiger partial charge in [-0.25, -0.2) is 0 Å². The summed E-state index contributed by atoms with van der Waals surface area (Å²) in [7, 11) is 0. The van der Waals surface area contributed by atoms with Gasteiger partial charge in [0.2, 0.25) is 0 Å². The molecule has 2 rings (SSSR count). The van der Waals surface area contributed by atoms with Gasteiger partial charge in [0, 0.05) is 0 Å². The molecular formula is C20H25NO3. The van der Waals surface area contributed by atoms with Crippen molar-refractivity contribution in [2.24, 2.45) is 0 Å². The number of aryl methyl sites for hydroxylation is 2. The minimum Gasteiger partial charge on any atom is -0.491 e. The van der Waals surface area contributed by atoms with Crippen LogP contribution in [0.1, 0.15) is 24.5 Å². The first-order chi connectivity index (χ1) is 11.6. The van der Waals surface area contributed by atoms with E-state index in [-0.39, 0.29) is 5.91 Å². The molecule has 0 unspecified atom stereocenters. The Labute approximate surface area is 143 Å². The number of rotatable bonds is 8. The van der Waals surface area contributed by atoms with Gasteiger partial charge in [-0.3, -0.25) is 4.79 Å². The summed E-state index contributed by atoms with van der Waals surface area (Å²) in [6, 6.07) is 15.5. The van der Waals surface area contributed by atoms with Gasteiger partial charge < -0.3 is 14.8 Å². The molecule has 4 nitrogen and oxygen atoms in total. The fourth-order valence-corrected chi connectivity index (χ4v) is 2.27. The molecule has 1 amide bonds. The Morgan fingerprint density at radius 2 is 1.79 bits per heavy atom. The highest BCUT2D eigenvalue weighted by molar-refractivity contribution is 5.81. The Kier molecular flexibility index (Phi) is 6.67. The molecule has 2 aromatic carbocycles. The average Bonchev–Trinajstić information content (AvgIpc) is 2.59. The number of amides is 1. The number of benzene rings is 2. The largest absolute Gasteiger partial charge is 0.491 e. The summed E-state index contributed by atoms with van der Waals surface area (Å²) in [5, 5.41) is 2.87. The average molecular weight is 327 g/mol. The lowest BCUT2D eigenvalue weighted by Crippen LogP contribution is -2.39. The van der Waals surface area contributed by atoms with Crippen LogP contribution in [0.25, 0.3) is 0 Å². The van der Waals surface area contributed by atoms with E-state index in [4.69, 9.17) is 9.47 Å². The summed E-state index contributed by atoms with van der Waals surface area (Å²) in [6.45, 7) is 6.82. The van der Waals surface area contributed by atoms with E-state index in [9.17, 15) is 4.79 Å². The van der Waals surface area contributed by atoms with Crippen molar-refractivity contribution in [2.75, 3.05) is 13.2 Å². The number of ether oxygens (including phenoxy) is 2. The van der Waals surface area contributed by atoms with Crippen LogP contribution in [0.2, 0.25) is 0 Å². The molecular weight excluding hydrogens is 302 g/mol. The van der Waals surface area contributed by atoms with Crippen molar-refractivity contribution in [1.29, 1.82) is 0 Å². The molecule has 0 heterocycles. The predicted octanol–water partition coefficient (Wildman–Crippen LogP) is 3.66. The molecule has 4 heteroatoms. The van der Waals surface area contributed by atoms with Crippen molar-refractivity contribution in [3.05, 3.63) is 59.7 Å². The van der Waals surface area contributed by atoms with Crippen LogP contribution in [0.3, 0.4) is 0 Å². The van der Waals surface area contributed by atoms with Crippen molar-refractivity contribution in [3.8, 4) is 11.5 Å². The Balaban J connectivity index is 1.77. The quantitative estimate of drug-likeness (QED) is 0.753. The number of hydrogen-bond acceptors (Lipinski definition) is 3. The second-order valence-corrected chi connectivity index (χ2v) is 5.73. The van der Waals surface area contributed by atoms with Gasteiger partial charge in [0.1, 0.15) is 18.1 Å². The van der Waals surface area contributed by atoms with E-state index in [2.05, 4.69) is 5.32 Å². The van der Waals surface area contributed by atoms with E-state index in [1.807, 2.05) is 69.3 Å². The zero-order valence-corrected chi connectivity index (χ0v) is 14.5. The third-order valence-corrected chi connectivity index (χ3v) is 3.72. The molecule has 0 aromatic heterocycles. The molecule has 2 aromatic rings. The van der Waals surface area contributed by atoms with Crippen LogP contribution in [-0.2, 0) is 4.79 Å². The Morgan fingerprint density at radius 1 is 1.08 bits per heavy atom. The third kappa shape index (κ3) is 5.30. The molecule has 128 valence electrons. The van der Waals surface area contributed by atoms with Crippen LogP contribution in [-0.4, -0.2) is 25.2 Å². The van der Waals surface area contributed by atoms with Crippen LogP contribution in [0, 0.1) is 13.8 Å². The lowest BCUT2D eigenvalue weighted by Gasteiger charge is -2.17. The zero-order valence-electron chi connectivity index (χ0n) is 14.5. The molecule has 0 aliphatic rings. The second-order valence-electron chi connectivity index (χ2n) is 5.73. The highest BCUT2D eigenvalue weighted by Crippen LogP contribution is 2.16. The van der Waals surface area contributed by atoms with Gasteiger partial charge >= 0.3 is 0 Å².